The van der Waals surface area contributed by atoms with Crippen LogP contribution in [0.1, 0.15) is 66.2 Å². The van der Waals surface area contributed by atoms with Crippen molar-refractivity contribution in [1.29, 1.82) is 0 Å². The third-order valence-corrected chi connectivity index (χ3v) is 2.77. The topological polar surface area (TPSA) is 12.0 Å². The Morgan fingerprint density at radius 1 is 0.667 bits per heavy atom. The lowest BCUT2D eigenvalue weighted by molar-refractivity contribution is 0.499. The van der Waals surface area contributed by atoms with Gasteiger partial charge in [-0.25, -0.2) is 0 Å². The van der Waals surface area contributed by atoms with Crippen LogP contribution in [-0.4, -0.2) is 13.1 Å². The van der Waals surface area contributed by atoms with Crippen LogP contribution in [0.4, 0.5) is 0 Å². The fourth-order valence-electron chi connectivity index (χ4n) is 1.74. The summed E-state index contributed by atoms with van der Waals surface area (Å²) in [5.74, 6) is 1.74. The van der Waals surface area contributed by atoms with E-state index in [1.54, 1.807) is 0 Å². The number of unbranched alkanes of at least 4 members (excludes halogenated alkanes) is 2. The van der Waals surface area contributed by atoms with Crippen molar-refractivity contribution in [1.82, 2.24) is 5.32 Å². The first-order chi connectivity index (χ1) is 7.13. The van der Waals surface area contributed by atoms with Gasteiger partial charge in [0.2, 0.25) is 0 Å². The van der Waals surface area contributed by atoms with E-state index in [0.29, 0.717) is 0 Å². The van der Waals surface area contributed by atoms with Crippen molar-refractivity contribution in [2.24, 2.45) is 11.8 Å². The molecule has 0 amide bonds. The molecule has 0 unspecified atom stereocenters. The first-order valence-electron chi connectivity index (χ1n) is 6.83. The second-order valence-corrected chi connectivity index (χ2v) is 5.53. The molecule has 0 bridgehead atoms. The molecule has 0 aromatic heterocycles. The second-order valence-electron chi connectivity index (χ2n) is 5.53. The lowest BCUT2D eigenvalue weighted by Gasteiger charge is -2.07. The summed E-state index contributed by atoms with van der Waals surface area (Å²) < 4.78 is 0. The van der Waals surface area contributed by atoms with E-state index in [0.717, 1.165) is 11.8 Å². The quantitative estimate of drug-likeness (QED) is 0.536. The monoisotopic (exact) mass is 213 g/mol. The molecule has 0 heterocycles. The summed E-state index contributed by atoms with van der Waals surface area (Å²) in [5.41, 5.74) is 0. The van der Waals surface area contributed by atoms with Crippen molar-refractivity contribution >= 4 is 0 Å². The summed E-state index contributed by atoms with van der Waals surface area (Å²) in [6.07, 6.45) is 8.26. The first-order valence-corrected chi connectivity index (χ1v) is 6.83. The van der Waals surface area contributed by atoms with E-state index in [1.807, 2.05) is 0 Å². The third-order valence-electron chi connectivity index (χ3n) is 2.77. The van der Waals surface area contributed by atoms with Gasteiger partial charge < -0.3 is 5.32 Å². The molecule has 0 saturated heterocycles. The Bertz CT molecular complexity index is 105. The van der Waals surface area contributed by atoms with Gasteiger partial charge in [-0.1, -0.05) is 47.0 Å². The molecule has 0 aliphatic heterocycles. The molecule has 0 aliphatic rings. The number of hydrogen-bond donors (Lipinski definition) is 1. The summed E-state index contributed by atoms with van der Waals surface area (Å²) in [4.78, 5) is 0. The second kappa shape index (κ2) is 10.5. The average molecular weight is 213 g/mol. The van der Waals surface area contributed by atoms with Crippen molar-refractivity contribution in [3.8, 4) is 0 Å². The van der Waals surface area contributed by atoms with Crippen molar-refractivity contribution in [3.63, 3.8) is 0 Å². The summed E-state index contributed by atoms with van der Waals surface area (Å²) in [6, 6.07) is 0. The third kappa shape index (κ3) is 14.0. The van der Waals surface area contributed by atoms with E-state index in [9.17, 15) is 0 Å². The molecule has 0 fully saturated rings. The summed E-state index contributed by atoms with van der Waals surface area (Å²) in [7, 11) is 0. The largest absolute Gasteiger partial charge is 0.317 e. The predicted octanol–water partition coefficient (Wildman–Crippen LogP) is 4.23. The molecule has 0 aromatic carbocycles. The van der Waals surface area contributed by atoms with Gasteiger partial charge in [0.05, 0.1) is 0 Å². The van der Waals surface area contributed by atoms with Gasteiger partial charge in [-0.2, -0.15) is 0 Å². The maximum Gasteiger partial charge on any atom is -0.00488 e. The Morgan fingerprint density at radius 3 is 1.80 bits per heavy atom. The van der Waals surface area contributed by atoms with Gasteiger partial charge in [0.1, 0.15) is 0 Å². The minimum absolute atomic E-state index is 0.859. The maximum absolute atomic E-state index is 3.53. The molecule has 0 spiro atoms. The first kappa shape index (κ1) is 15.0. The molecule has 0 atom stereocenters. The van der Waals surface area contributed by atoms with Gasteiger partial charge in [0, 0.05) is 0 Å². The zero-order valence-corrected chi connectivity index (χ0v) is 11.3. The molecule has 0 rings (SSSR count). The SMILES string of the molecule is CC(C)CCCCCNCCCC(C)C. The molecule has 1 nitrogen and oxygen atoms in total. The number of rotatable bonds is 10. The highest BCUT2D eigenvalue weighted by atomic mass is 14.8. The van der Waals surface area contributed by atoms with Crippen LogP contribution in [0.5, 0.6) is 0 Å². The summed E-state index contributed by atoms with van der Waals surface area (Å²) in [6.45, 7) is 11.6. The fraction of sp³-hybridized carbons (Fsp3) is 1.00. The zero-order chi connectivity index (χ0) is 11.5. The molecule has 15 heavy (non-hydrogen) atoms. The molecule has 1 N–H and O–H groups in total. The maximum atomic E-state index is 3.53. The molecular formula is C14H31N. The van der Waals surface area contributed by atoms with E-state index >= 15 is 0 Å². The molecular weight excluding hydrogens is 182 g/mol. The molecule has 0 aliphatic carbocycles. The van der Waals surface area contributed by atoms with Crippen molar-refractivity contribution in [2.75, 3.05) is 13.1 Å². The summed E-state index contributed by atoms with van der Waals surface area (Å²) >= 11 is 0. The van der Waals surface area contributed by atoms with Crippen LogP contribution in [0.3, 0.4) is 0 Å². The molecule has 0 saturated carbocycles. The van der Waals surface area contributed by atoms with Crippen molar-refractivity contribution in [2.45, 2.75) is 66.2 Å². The minimum Gasteiger partial charge on any atom is -0.317 e. The fourth-order valence-corrected chi connectivity index (χ4v) is 1.74. The minimum atomic E-state index is 0.859. The molecule has 0 radical (unpaired) electrons. The van der Waals surface area contributed by atoms with Crippen LogP contribution in [-0.2, 0) is 0 Å². The van der Waals surface area contributed by atoms with E-state index < -0.39 is 0 Å². The normalized spacial score (nSPS) is 11.6. The number of nitrogens with one attached hydrogen (secondary N) is 1. The van der Waals surface area contributed by atoms with Gasteiger partial charge in [-0.15, -0.1) is 0 Å². The van der Waals surface area contributed by atoms with Gasteiger partial charge in [-0.3, -0.25) is 0 Å². The van der Waals surface area contributed by atoms with Gasteiger partial charge in [0.15, 0.2) is 0 Å². The van der Waals surface area contributed by atoms with Gasteiger partial charge >= 0.3 is 0 Å². The average Bonchev–Trinajstić information content (AvgIpc) is 2.14. The van der Waals surface area contributed by atoms with Crippen LogP contribution in [0.2, 0.25) is 0 Å². The van der Waals surface area contributed by atoms with E-state index in [4.69, 9.17) is 0 Å². The van der Waals surface area contributed by atoms with E-state index in [1.165, 1.54) is 51.6 Å². The Labute approximate surface area is 97.0 Å². The van der Waals surface area contributed by atoms with E-state index in [-0.39, 0.29) is 0 Å². The van der Waals surface area contributed by atoms with E-state index in [2.05, 4.69) is 33.0 Å². The van der Waals surface area contributed by atoms with Gasteiger partial charge in [0.25, 0.3) is 0 Å². The van der Waals surface area contributed by atoms with Gasteiger partial charge in [-0.05, 0) is 44.2 Å². The van der Waals surface area contributed by atoms with Crippen molar-refractivity contribution < 1.29 is 0 Å². The Balaban J connectivity index is 2.93. The lowest BCUT2D eigenvalue weighted by atomic mass is 10.1. The van der Waals surface area contributed by atoms with Crippen LogP contribution < -0.4 is 5.32 Å². The van der Waals surface area contributed by atoms with Crippen LogP contribution in [0.15, 0.2) is 0 Å². The Kier molecular flexibility index (Phi) is 10.4. The standard InChI is InChI=1S/C14H31N/c1-13(2)9-6-5-7-11-15-12-8-10-14(3)4/h13-15H,5-12H2,1-4H3. The Morgan fingerprint density at radius 2 is 1.20 bits per heavy atom. The zero-order valence-electron chi connectivity index (χ0n) is 11.3. The highest BCUT2D eigenvalue weighted by molar-refractivity contribution is 4.53. The highest BCUT2D eigenvalue weighted by Gasteiger charge is 1.95. The predicted molar refractivity (Wildman–Crippen MR) is 70.2 cm³/mol. The van der Waals surface area contributed by atoms with Crippen LogP contribution in [0, 0.1) is 11.8 Å². The number of hydrogen-bond acceptors (Lipinski definition) is 1. The molecule has 1 heteroatoms. The Hall–Kier alpha value is -0.0400. The smallest absolute Gasteiger partial charge is 0.00488 e. The summed E-state index contributed by atoms with van der Waals surface area (Å²) in [5, 5.41) is 3.53. The van der Waals surface area contributed by atoms with Crippen molar-refractivity contribution in [3.05, 3.63) is 0 Å². The van der Waals surface area contributed by atoms with Crippen LogP contribution >= 0.6 is 0 Å². The highest BCUT2D eigenvalue weighted by Crippen LogP contribution is 2.07. The molecule has 92 valence electrons. The lowest BCUT2D eigenvalue weighted by Crippen LogP contribution is -2.17. The molecule has 0 aromatic rings. The van der Waals surface area contributed by atoms with Crippen LogP contribution in [0.25, 0.3) is 0 Å².